The van der Waals surface area contributed by atoms with E-state index in [1.54, 1.807) is 6.92 Å². The molecule has 1 aromatic rings. The van der Waals surface area contributed by atoms with E-state index in [1.165, 1.54) is 0 Å². The van der Waals surface area contributed by atoms with Gasteiger partial charge in [0.2, 0.25) is 0 Å². The van der Waals surface area contributed by atoms with Gasteiger partial charge in [-0.05, 0) is 24.1 Å². The third-order valence-corrected chi connectivity index (χ3v) is 2.35. The molecule has 0 aliphatic rings. The van der Waals surface area contributed by atoms with E-state index >= 15 is 0 Å². The normalized spacial score (nSPS) is 12.5. The molecule has 2 nitrogen and oxygen atoms in total. The molecular formula is C10H11BrO2. The second-order valence-corrected chi connectivity index (χ2v) is 3.99. The maximum atomic E-state index is 10.6. The Morgan fingerprint density at radius 1 is 1.62 bits per heavy atom. The predicted molar refractivity (Wildman–Crippen MR) is 54.6 cm³/mol. The molecular weight excluding hydrogens is 232 g/mol. The van der Waals surface area contributed by atoms with Crippen molar-refractivity contribution in [2.45, 2.75) is 13.3 Å². The zero-order valence-electron chi connectivity index (χ0n) is 7.33. The second kappa shape index (κ2) is 4.42. The minimum Gasteiger partial charge on any atom is -0.481 e. The zero-order chi connectivity index (χ0) is 9.84. The van der Waals surface area contributed by atoms with E-state index in [1.807, 2.05) is 24.3 Å². The lowest BCUT2D eigenvalue weighted by atomic mass is 10.0. The maximum Gasteiger partial charge on any atom is 0.306 e. The van der Waals surface area contributed by atoms with Crippen LogP contribution in [0.25, 0.3) is 0 Å². The van der Waals surface area contributed by atoms with Crippen LogP contribution in [0.1, 0.15) is 12.5 Å². The first-order valence-electron chi connectivity index (χ1n) is 4.07. The summed E-state index contributed by atoms with van der Waals surface area (Å²) in [5, 5.41) is 8.70. The maximum absolute atomic E-state index is 10.6. The van der Waals surface area contributed by atoms with Gasteiger partial charge in [0, 0.05) is 4.47 Å². The van der Waals surface area contributed by atoms with Crippen LogP contribution >= 0.6 is 15.9 Å². The van der Waals surface area contributed by atoms with Gasteiger partial charge in [0.05, 0.1) is 5.92 Å². The van der Waals surface area contributed by atoms with Crippen LogP contribution in [0.4, 0.5) is 0 Å². The standard InChI is InChI=1S/C10H11BrO2/c1-7(10(12)13)5-8-3-2-4-9(11)6-8/h2-4,6-7H,5H2,1H3,(H,12,13)/t7-/m1/s1. The van der Waals surface area contributed by atoms with Crippen molar-refractivity contribution in [2.24, 2.45) is 5.92 Å². The summed E-state index contributed by atoms with van der Waals surface area (Å²) >= 11 is 3.34. The summed E-state index contributed by atoms with van der Waals surface area (Å²) in [6.45, 7) is 1.71. The quantitative estimate of drug-likeness (QED) is 0.886. The number of hydrogen-bond donors (Lipinski definition) is 1. The highest BCUT2D eigenvalue weighted by Gasteiger charge is 2.11. The number of carboxylic acid groups (broad SMARTS) is 1. The highest BCUT2D eigenvalue weighted by molar-refractivity contribution is 9.10. The summed E-state index contributed by atoms with van der Waals surface area (Å²) < 4.78 is 0.989. The average Bonchev–Trinajstić information content (AvgIpc) is 2.04. The molecule has 70 valence electrons. The predicted octanol–water partition coefficient (Wildman–Crippen LogP) is 2.71. The van der Waals surface area contributed by atoms with E-state index < -0.39 is 5.97 Å². The van der Waals surface area contributed by atoms with E-state index in [-0.39, 0.29) is 5.92 Å². The molecule has 0 aromatic heterocycles. The SMILES string of the molecule is C[C@H](Cc1cccc(Br)c1)C(=O)O. The Morgan fingerprint density at radius 2 is 2.31 bits per heavy atom. The lowest BCUT2D eigenvalue weighted by molar-refractivity contribution is -0.141. The lowest BCUT2D eigenvalue weighted by Crippen LogP contribution is -2.12. The zero-order valence-corrected chi connectivity index (χ0v) is 8.91. The molecule has 0 unspecified atom stereocenters. The van der Waals surface area contributed by atoms with Gasteiger partial charge in [-0.25, -0.2) is 0 Å². The molecule has 0 amide bonds. The van der Waals surface area contributed by atoms with Crippen LogP contribution in [0, 0.1) is 5.92 Å². The molecule has 0 bridgehead atoms. The first-order valence-corrected chi connectivity index (χ1v) is 4.86. The fraction of sp³-hybridized carbons (Fsp3) is 0.300. The summed E-state index contributed by atoms with van der Waals surface area (Å²) in [6.07, 6.45) is 0.578. The average molecular weight is 243 g/mol. The van der Waals surface area contributed by atoms with E-state index in [2.05, 4.69) is 15.9 Å². The molecule has 0 heterocycles. The fourth-order valence-electron chi connectivity index (χ4n) is 1.10. The van der Waals surface area contributed by atoms with Crippen molar-refractivity contribution in [1.82, 2.24) is 0 Å². The summed E-state index contributed by atoms with van der Waals surface area (Å²) in [7, 11) is 0. The molecule has 1 rings (SSSR count). The van der Waals surface area contributed by atoms with Crippen LogP contribution in [-0.4, -0.2) is 11.1 Å². The Labute approximate surface area is 85.7 Å². The third kappa shape index (κ3) is 3.19. The van der Waals surface area contributed by atoms with Crippen molar-refractivity contribution in [3.63, 3.8) is 0 Å². The number of benzene rings is 1. The number of aliphatic carboxylic acids is 1. The van der Waals surface area contributed by atoms with Gasteiger partial charge in [-0.3, -0.25) is 4.79 Å². The molecule has 1 atom stereocenters. The number of halogens is 1. The topological polar surface area (TPSA) is 37.3 Å². The minimum atomic E-state index is -0.750. The van der Waals surface area contributed by atoms with Crippen LogP contribution in [0.15, 0.2) is 28.7 Å². The monoisotopic (exact) mass is 242 g/mol. The molecule has 0 saturated carbocycles. The van der Waals surface area contributed by atoms with Crippen molar-refractivity contribution in [1.29, 1.82) is 0 Å². The number of rotatable bonds is 3. The molecule has 3 heteroatoms. The molecule has 0 fully saturated rings. The van der Waals surface area contributed by atoms with E-state index in [0.29, 0.717) is 6.42 Å². The Hall–Kier alpha value is -0.830. The highest BCUT2D eigenvalue weighted by atomic mass is 79.9. The van der Waals surface area contributed by atoms with Gasteiger partial charge in [-0.2, -0.15) is 0 Å². The van der Waals surface area contributed by atoms with Crippen LogP contribution in [0.2, 0.25) is 0 Å². The minimum absolute atomic E-state index is 0.325. The smallest absolute Gasteiger partial charge is 0.306 e. The van der Waals surface area contributed by atoms with Crippen LogP contribution in [-0.2, 0) is 11.2 Å². The third-order valence-electron chi connectivity index (χ3n) is 1.85. The van der Waals surface area contributed by atoms with Crippen LogP contribution < -0.4 is 0 Å². The lowest BCUT2D eigenvalue weighted by Gasteiger charge is -2.05. The molecule has 0 saturated heterocycles. The van der Waals surface area contributed by atoms with E-state index in [0.717, 1.165) is 10.0 Å². The highest BCUT2D eigenvalue weighted by Crippen LogP contribution is 2.14. The van der Waals surface area contributed by atoms with E-state index in [4.69, 9.17) is 5.11 Å². The Bertz CT molecular complexity index is 310. The number of carboxylic acids is 1. The first kappa shape index (κ1) is 10.3. The van der Waals surface area contributed by atoms with E-state index in [9.17, 15) is 4.79 Å². The molecule has 13 heavy (non-hydrogen) atoms. The van der Waals surface area contributed by atoms with Crippen molar-refractivity contribution in [2.75, 3.05) is 0 Å². The van der Waals surface area contributed by atoms with Crippen LogP contribution in [0.5, 0.6) is 0 Å². The Morgan fingerprint density at radius 3 is 2.85 bits per heavy atom. The van der Waals surface area contributed by atoms with Crippen molar-refractivity contribution in [3.8, 4) is 0 Å². The van der Waals surface area contributed by atoms with Gasteiger partial charge in [0.15, 0.2) is 0 Å². The fourth-order valence-corrected chi connectivity index (χ4v) is 1.55. The van der Waals surface area contributed by atoms with Gasteiger partial charge in [0.25, 0.3) is 0 Å². The summed E-state index contributed by atoms with van der Waals surface area (Å²) in [6, 6.07) is 7.71. The summed E-state index contributed by atoms with van der Waals surface area (Å²) in [5.41, 5.74) is 1.05. The first-order chi connectivity index (χ1) is 6.09. The second-order valence-electron chi connectivity index (χ2n) is 3.07. The Balaban J connectivity index is 2.69. The summed E-state index contributed by atoms with van der Waals surface area (Å²) in [5.74, 6) is -1.07. The number of hydrogen-bond acceptors (Lipinski definition) is 1. The van der Waals surface area contributed by atoms with Gasteiger partial charge >= 0.3 is 5.97 Å². The van der Waals surface area contributed by atoms with Crippen molar-refractivity contribution >= 4 is 21.9 Å². The Kier molecular flexibility index (Phi) is 3.48. The molecule has 0 aliphatic heterocycles. The molecule has 0 aliphatic carbocycles. The molecule has 1 aromatic carbocycles. The summed E-state index contributed by atoms with van der Waals surface area (Å²) in [4.78, 5) is 10.6. The number of carbonyl (C=O) groups is 1. The van der Waals surface area contributed by atoms with Crippen molar-refractivity contribution < 1.29 is 9.90 Å². The van der Waals surface area contributed by atoms with Gasteiger partial charge in [-0.1, -0.05) is 35.0 Å². The van der Waals surface area contributed by atoms with Gasteiger partial charge in [-0.15, -0.1) is 0 Å². The van der Waals surface area contributed by atoms with Gasteiger partial charge < -0.3 is 5.11 Å². The van der Waals surface area contributed by atoms with Gasteiger partial charge in [0.1, 0.15) is 0 Å². The molecule has 0 spiro atoms. The molecule has 1 N–H and O–H groups in total. The molecule has 0 radical (unpaired) electrons. The van der Waals surface area contributed by atoms with Crippen LogP contribution in [0.3, 0.4) is 0 Å². The largest absolute Gasteiger partial charge is 0.481 e. The van der Waals surface area contributed by atoms with Crippen molar-refractivity contribution in [3.05, 3.63) is 34.3 Å².